The highest BCUT2D eigenvalue weighted by atomic mass is 79.9. The standard InChI is InChI=1S/C27H31BrN2O2/c1-4-19(2)29-27(32)20(3)30(18-21-9-7-13-24(28)17-21)26(31)16-15-23-12-8-11-22-10-5-6-14-25(22)23/h5-14,17,19-20H,4,15-16,18H2,1-3H3,(H,29,32)/t19-,20+/m0/s1. The van der Waals surface area contributed by atoms with Gasteiger partial charge in [0.25, 0.3) is 0 Å². The lowest BCUT2D eigenvalue weighted by Crippen LogP contribution is -2.49. The van der Waals surface area contributed by atoms with Gasteiger partial charge in [0.2, 0.25) is 11.8 Å². The Morgan fingerprint density at radius 1 is 1.00 bits per heavy atom. The van der Waals surface area contributed by atoms with Crippen LogP contribution in [0.1, 0.15) is 44.7 Å². The molecule has 0 unspecified atom stereocenters. The van der Waals surface area contributed by atoms with Gasteiger partial charge < -0.3 is 10.2 Å². The largest absolute Gasteiger partial charge is 0.352 e. The van der Waals surface area contributed by atoms with Gasteiger partial charge in [-0.3, -0.25) is 9.59 Å². The number of halogens is 1. The van der Waals surface area contributed by atoms with Crippen LogP contribution in [0.3, 0.4) is 0 Å². The molecule has 2 amide bonds. The number of nitrogens with one attached hydrogen (secondary N) is 1. The van der Waals surface area contributed by atoms with E-state index < -0.39 is 6.04 Å². The molecule has 2 atom stereocenters. The first-order valence-corrected chi connectivity index (χ1v) is 12.0. The SMILES string of the molecule is CC[C@H](C)NC(=O)[C@@H](C)N(Cc1cccc(Br)c1)C(=O)CCc1cccc2ccccc12. The van der Waals surface area contributed by atoms with Crippen molar-refractivity contribution < 1.29 is 9.59 Å². The van der Waals surface area contributed by atoms with Crippen LogP contribution < -0.4 is 5.32 Å². The van der Waals surface area contributed by atoms with Crippen LogP contribution in [0.5, 0.6) is 0 Å². The molecule has 3 aromatic rings. The average molecular weight is 495 g/mol. The smallest absolute Gasteiger partial charge is 0.242 e. The van der Waals surface area contributed by atoms with Gasteiger partial charge in [0, 0.05) is 23.5 Å². The second-order valence-corrected chi connectivity index (χ2v) is 9.20. The summed E-state index contributed by atoms with van der Waals surface area (Å²) in [6, 6.07) is 21.8. The summed E-state index contributed by atoms with van der Waals surface area (Å²) in [7, 11) is 0. The zero-order chi connectivity index (χ0) is 23.1. The lowest BCUT2D eigenvalue weighted by molar-refractivity contribution is -0.140. The second-order valence-electron chi connectivity index (χ2n) is 8.28. The van der Waals surface area contributed by atoms with Gasteiger partial charge >= 0.3 is 0 Å². The highest BCUT2D eigenvalue weighted by Crippen LogP contribution is 2.21. The van der Waals surface area contributed by atoms with Crippen LogP contribution in [0.25, 0.3) is 10.8 Å². The predicted molar refractivity (Wildman–Crippen MR) is 134 cm³/mol. The van der Waals surface area contributed by atoms with Crippen molar-refractivity contribution in [3.05, 3.63) is 82.3 Å². The van der Waals surface area contributed by atoms with Crippen molar-refractivity contribution in [1.82, 2.24) is 10.2 Å². The highest BCUT2D eigenvalue weighted by Gasteiger charge is 2.26. The maximum Gasteiger partial charge on any atom is 0.242 e. The molecule has 0 aliphatic carbocycles. The normalized spacial score (nSPS) is 12.9. The number of aryl methyl sites for hydroxylation is 1. The quantitative estimate of drug-likeness (QED) is 0.404. The van der Waals surface area contributed by atoms with E-state index in [4.69, 9.17) is 0 Å². The number of carbonyl (C=O) groups is 2. The zero-order valence-electron chi connectivity index (χ0n) is 19.0. The molecule has 0 fully saturated rings. The zero-order valence-corrected chi connectivity index (χ0v) is 20.6. The van der Waals surface area contributed by atoms with Gasteiger partial charge in [0.15, 0.2) is 0 Å². The van der Waals surface area contributed by atoms with Gasteiger partial charge in [0.05, 0.1) is 0 Å². The molecule has 4 nitrogen and oxygen atoms in total. The minimum atomic E-state index is -0.553. The van der Waals surface area contributed by atoms with E-state index in [0.29, 0.717) is 19.4 Å². The minimum absolute atomic E-state index is 0.0234. The van der Waals surface area contributed by atoms with E-state index in [2.05, 4.69) is 45.5 Å². The first-order chi connectivity index (χ1) is 15.4. The Kier molecular flexibility index (Phi) is 8.46. The third kappa shape index (κ3) is 6.19. The molecule has 0 aliphatic rings. The number of rotatable bonds is 9. The Balaban J connectivity index is 1.79. The van der Waals surface area contributed by atoms with Crippen molar-refractivity contribution in [2.45, 2.75) is 58.7 Å². The second kappa shape index (κ2) is 11.3. The third-order valence-corrected chi connectivity index (χ3v) is 6.39. The van der Waals surface area contributed by atoms with Crippen molar-refractivity contribution in [3.8, 4) is 0 Å². The fraction of sp³-hybridized carbons (Fsp3) is 0.333. The van der Waals surface area contributed by atoms with Crippen LogP contribution in [-0.2, 0) is 22.6 Å². The topological polar surface area (TPSA) is 49.4 Å². The molecule has 0 saturated heterocycles. The van der Waals surface area contributed by atoms with Gasteiger partial charge in [-0.15, -0.1) is 0 Å². The van der Waals surface area contributed by atoms with Gasteiger partial charge in [-0.2, -0.15) is 0 Å². The van der Waals surface area contributed by atoms with E-state index in [1.807, 2.05) is 63.2 Å². The van der Waals surface area contributed by atoms with E-state index in [0.717, 1.165) is 22.0 Å². The Bertz CT molecular complexity index is 1080. The Morgan fingerprint density at radius 2 is 1.72 bits per heavy atom. The van der Waals surface area contributed by atoms with Crippen LogP contribution in [0.15, 0.2) is 71.2 Å². The molecular weight excluding hydrogens is 464 g/mol. The van der Waals surface area contributed by atoms with Gasteiger partial charge in [-0.25, -0.2) is 0 Å². The number of hydrogen-bond donors (Lipinski definition) is 1. The van der Waals surface area contributed by atoms with Crippen molar-refractivity contribution in [2.24, 2.45) is 0 Å². The molecule has 3 rings (SSSR count). The number of nitrogens with zero attached hydrogens (tertiary/aromatic N) is 1. The molecule has 3 aromatic carbocycles. The molecule has 0 heterocycles. The summed E-state index contributed by atoms with van der Waals surface area (Å²) in [6.45, 7) is 6.21. The van der Waals surface area contributed by atoms with E-state index in [1.165, 1.54) is 10.8 Å². The average Bonchev–Trinajstić information content (AvgIpc) is 2.80. The maximum atomic E-state index is 13.4. The molecule has 0 bridgehead atoms. The number of carbonyl (C=O) groups excluding carboxylic acids is 2. The van der Waals surface area contributed by atoms with Crippen molar-refractivity contribution in [3.63, 3.8) is 0 Å². The van der Waals surface area contributed by atoms with Crippen molar-refractivity contribution in [2.75, 3.05) is 0 Å². The predicted octanol–water partition coefficient (Wildman–Crippen LogP) is 5.87. The van der Waals surface area contributed by atoms with Crippen LogP contribution in [0, 0.1) is 0 Å². The van der Waals surface area contributed by atoms with Crippen molar-refractivity contribution >= 4 is 38.5 Å². The first kappa shape index (κ1) is 24.0. The van der Waals surface area contributed by atoms with Crippen LogP contribution in [0.2, 0.25) is 0 Å². The third-order valence-electron chi connectivity index (χ3n) is 5.90. The molecule has 0 aromatic heterocycles. The molecule has 0 spiro atoms. The molecule has 168 valence electrons. The number of benzene rings is 3. The summed E-state index contributed by atoms with van der Waals surface area (Å²) >= 11 is 3.50. The fourth-order valence-corrected chi connectivity index (χ4v) is 4.22. The fourth-order valence-electron chi connectivity index (χ4n) is 3.78. The maximum absolute atomic E-state index is 13.4. The molecule has 1 N–H and O–H groups in total. The van der Waals surface area contributed by atoms with Gasteiger partial charge in [-0.1, -0.05) is 77.5 Å². The Labute approximate surface area is 199 Å². The summed E-state index contributed by atoms with van der Waals surface area (Å²) in [5.41, 5.74) is 2.14. The van der Waals surface area contributed by atoms with Crippen molar-refractivity contribution in [1.29, 1.82) is 0 Å². The first-order valence-electron chi connectivity index (χ1n) is 11.2. The summed E-state index contributed by atoms with van der Waals surface area (Å²) in [5, 5.41) is 5.36. The molecule has 32 heavy (non-hydrogen) atoms. The van der Waals surface area contributed by atoms with E-state index in [9.17, 15) is 9.59 Å². The molecule has 0 radical (unpaired) electrons. The highest BCUT2D eigenvalue weighted by molar-refractivity contribution is 9.10. The summed E-state index contributed by atoms with van der Waals surface area (Å²) in [6.07, 6.45) is 1.83. The molecule has 0 aliphatic heterocycles. The molecule has 0 saturated carbocycles. The molecule has 5 heteroatoms. The van der Waals surface area contributed by atoms with Crippen LogP contribution in [0.4, 0.5) is 0 Å². The lowest BCUT2D eigenvalue weighted by atomic mass is 10.0. The molecular formula is C27H31BrN2O2. The monoisotopic (exact) mass is 494 g/mol. The summed E-state index contributed by atoms with van der Waals surface area (Å²) in [5.74, 6) is -0.141. The van der Waals surface area contributed by atoms with Crippen LogP contribution >= 0.6 is 15.9 Å². The number of hydrogen-bond acceptors (Lipinski definition) is 2. The Morgan fingerprint density at radius 3 is 2.47 bits per heavy atom. The Hall–Kier alpha value is -2.66. The number of amides is 2. The lowest BCUT2D eigenvalue weighted by Gasteiger charge is -2.30. The minimum Gasteiger partial charge on any atom is -0.352 e. The van der Waals surface area contributed by atoms with E-state index in [1.54, 1.807) is 4.90 Å². The van der Waals surface area contributed by atoms with Crippen LogP contribution in [-0.4, -0.2) is 28.8 Å². The summed E-state index contributed by atoms with van der Waals surface area (Å²) in [4.78, 5) is 27.9. The van der Waals surface area contributed by atoms with Gasteiger partial charge in [0.1, 0.15) is 6.04 Å². The number of fused-ring (bicyclic) bond motifs is 1. The van der Waals surface area contributed by atoms with E-state index in [-0.39, 0.29) is 17.9 Å². The van der Waals surface area contributed by atoms with E-state index >= 15 is 0 Å². The summed E-state index contributed by atoms with van der Waals surface area (Å²) < 4.78 is 0.954. The van der Waals surface area contributed by atoms with Gasteiger partial charge in [-0.05, 0) is 60.7 Å².